The maximum absolute atomic E-state index is 12.4. The summed E-state index contributed by atoms with van der Waals surface area (Å²) in [4.78, 5) is 35.3. The van der Waals surface area contributed by atoms with Gasteiger partial charge in [-0.05, 0) is 42.5 Å². The van der Waals surface area contributed by atoms with Gasteiger partial charge in [-0.3, -0.25) is 14.5 Å². The van der Waals surface area contributed by atoms with E-state index in [4.69, 9.17) is 4.52 Å². The lowest BCUT2D eigenvalue weighted by Gasteiger charge is -2.26. The molecule has 0 radical (unpaired) electrons. The number of H-pyrrole nitrogens is 1. The highest BCUT2D eigenvalue weighted by Crippen LogP contribution is 2.35. The van der Waals surface area contributed by atoms with E-state index in [9.17, 15) is 9.59 Å². The molecule has 1 N–H and O–H groups in total. The van der Waals surface area contributed by atoms with Crippen molar-refractivity contribution in [3.05, 3.63) is 48.0 Å². The molecule has 0 bridgehead atoms. The van der Waals surface area contributed by atoms with E-state index in [2.05, 4.69) is 21.2 Å². The summed E-state index contributed by atoms with van der Waals surface area (Å²) >= 11 is 0. The maximum Gasteiger partial charge on any atom is 0.292 e. The van der Waals surface area contributed by atoms with Crippen LogP contribution < -0.4 is 4.90 Å². The lowest BCUT2D eigenvalue weighted by molar-refractivity contribution is -0.107. The van der Waals surface area contributed by atoms with Crippen molar-refractivity contribution >= 4 is 34.7 Å². The first-order valence-corrected chi connectivity index (χ1v) is 9.36. The number of nitrogens with zero attached hydrogens (tertiary/aromatic N) is 4. The largest absolute Gasteiger partial charge is 0.351 e. The van der Waals surface area contributed by atoms with Crippen molar-refractivity contribution in [1.82, 2.24) is 20.0 Å². The molecule has 0 saturated heterocycles. The van der Waals surface area contributed by atoms with Crippen LogP contribution in [0.4, 0.5) is 5.82 Å². The predicted molar refractivity (Wildman–Crippen MR) is 103 cm³/mol. The minimum atomic E-state index is -0.157. The first kappa shape index (κ1) is 16.7. The number of hydrogen-bond donors (Lipinski definition) is 1. The summed E-state index contributed by atoms with van der Waals surface area (Å²) in [5.74, 6) is 0.765. The van der Waals surface area contributed by atoms with Gasteiger partial charge < -0.3 is 14.4 Å². The molecule has 142 valence electrons. The Morgan fingerprint density at radius 3 is 2.93 bits per heavy atom. The van der Waals surface area contributed by atoms with Crippen LogP contribution in [0.15, 0.2) is 41.2 Å². The molecule has 2 amide bonds. The minimum Gasteiger partial charge on any atom is -0.351 e. The number of aromatic amines is 1. The van der Waals surface area contributed by atoms with E-state index in [0.29, 0.717) is 25.3 Å². The Bertz CT molecular complexity index is 1060. The molecule has 3 aromatic rings. The van der Waals surface area contributed by atoms with Crippen molar-refractivity contribution in [2.45, 2.75) is 25.3 Å². The molecule has 0 unspecified atom stereocenters. The normalized spacial score (nSPS) is 16.9. The van der Waals surface area contributed by atoms with Crippen LogP contribution in [0.2, 0.25) is 0 Å². The molecule has 0 spiro atoms. The summed E-state index contributed by atoms with van der Waals surface area (Å²) in [6.45, 7) is 1.09. The van der Waals surface area contributed by atoms with E-state index in [0.717, 1.165) is 41.4 Å². The van der Waals surface area contributed by atoms with Crippen molar-refractivity contribution in [3.8, 4) is 0 Å². The van der Waals surface area contributed by atoms with Gasteiger partial charge in [0.1, 0.15) is 11.5 Å². The molecule has 1 aliphatic heterocycles. The second-order valence-corrected chi connectivity index (χ2v) is 7.12. The fraction of sp³-hybridized carbons (Fsp3) is 0.300. The van der Waals surface area contributed by atoms with E-state index in [1.807, 2.05) is 18.3 Å². The van der Waals surface area contributed by atoms with E-state index in [1.165, 1.54) is 6.20 Å². The second kappa shape index (κ2) is 6.63. The number of nitrogens with one attached hydrogen (secondary N) is 1. The van der Waals surface area contributed by atoms with Crippen molar-refractivity contribution in [1.29, 1.82) is 0 Å². The standard InChI is InChI=1S/C20H19N5O3/c26-12-25(14-1-2-14)18-11-16(15-3-7-21-19(15)23-18)13-5-9-24(10-6-13)20(27)17-4-8-22-28-17/h3-5,7-8,11-12,14H,1-2,6,9-10H2,(H,21,23). The van der Waals surface area contributed by atoms with E-state index in [1.54, 1.807) is 15.9 Å². The lowest BCUT2D eigenvalue weighted by Crippen LogP contribution is -2.34. The number of hydrogen-bond acceptors (Lipinski definition) is 5. The molecule has 4 heterocycles. The van der Waals surface area contributed by atoms with E-state index >= 15 is 0 Å². The third-order valence-electron chi connectivity index (χ3n) is 5.32. The monoisotopic (exact) mass is 377 g/mol. The van der Waals surface area contributed by atoms with Gasteiger partial charge in [0.2, 0.25) is 12.2 Å². The molecule has 1 aliphatic carbocycles. The first-order chi connectivity index (χ1) is 13.7. The summed E-state index contributed by atoms with van der Waals surface area (Å²) in [5, 5.41) is 4.62. The number of rotatable bonds is 5. The fourth-order valence-corrected chi connectivity index (χ4v) is 3.68. The molecule has 28 heavy (non-hydrogen) atoms. The molecule has 8 heteroatoms. The maximum atomic E-state index is 12.4. The van der Waals surface area contributed by atoms with Gasteiger partial charge >= 0.3 is 0 Å². The van der Waals surface area contributed by atoms with Crippen LogP contribution in [0.25, 0.3) is 16.6 Å². The molecule has 0 aromatic carbocycles. The van der Waals surface area contributed by atoms with Crippen LogP contribution in [0.3, 0.4) is 0 Å². The molecular formula is C20H19N5O3. The van der Waals surface area contributed by atoms with Gasteiger partial charge in [0.25, 0.3) is 5.91 Å². The summed E-state index contributed by atoms with van der Waals surface area (Å²) in [7, 11) is 0. The number of carbonyl (C=O) groups is 2. The number of carbonyl (C=O) groups excluding carboxylic acids is 2. The van der Waals surface area contributed by atoms with Crippen LogP contribution in [-0.2, 0) is 4.79 Å². The third kappa shape index (κ3) is 2.87. The van der Waals surface area contributed by atoms with Gasteiger partial charge in [-0.15, -0.1) is 0 Å². The van der Waals surface area contributed by atoms with Crippen molar-refractivity contribution in [2.24, 2.45) is 0 Å². The minimum absolute atomic E-state index is 0.157. The zero-order chi connectivity index (χ0) is 19.1. The number of aromatic nitrogens is 3. The molecule has 0 atom stereocenters. The van der Waals surface area contributed by atoms with Gasteiger partial charge in [-0.1, -0.05) is 11.2 Å². The Labute approximate surface area is 160 Å². The van der Waals surface area contributed by atoms with Gasteiger partial charge in [-0.2, -0.15) is 0 Å². The highest BCUT2D eigenvalue weighted by atomic mass is 16.5. The van der Waals surface area contributed by atoms with Crippen LogP contribution in [0.1, 0.15) is 35.4 Å². The summed E-state index contributed by atoms with van der Waals surface area (Å²) < 4.78 is 4.98. The molecule has 5 rings (SSSR count). The zero-order valence-electron chi connectivity index (χ0n) is 15.2. The average Bonchev–Trinajstić information content (AvgIpc) is 3.21. The molecule has 3 aromatic heterocycles. The predicted octanol–water partition coefficient (Wildman–Crippen LogP) is 2.61. The number of amides is 2. The molecule has 1 fully saturated rings. The first-order valence-electron chi connectivity index (χ1n) is 9.36. The van der Waals surface area contributed by atoms with E-state index in [-0.39, 0.29) is 17.7 Å². The quantitative estimate of drug-likeness (QED) is 0.690. The number of anilines is 1. The molecular weight excluding hydrogens is 358 g/mol. The lowest BCUT2D eigenvalue weighted by atomic mass is 9.97. The topological polar surface area (TPSA) is 95.3 Å². The summed E-state index contributed by atoms with van der Waals surface area (Å²) in [6.07, 6.45) is 9.00. The summed E-state index contributed by atoms with van der Waals surface area (Å²) in [6, 6.07) is 5.81. The van der Waals surface area contributed by atoms with Crippen LogP contribution in [-0.4, -0.2) is 51.5 Å². The van der Waals surface area contributed by atoms with Gasteiger partial charge in [0.05, 0.1) is 6.20 Å². The Morgan fingerprint density at radius 2 is 2.25 bits per heavy atom. The van der Waals surface area contributed by atoms with Crippen LogP contribution in [0.5, 0.6) is 0 Å². The third-order valence-corrected chi connectivity index (χ3v) is 5.32. The zero-order valence-corrected chi connectivity index (χ0v) is 15.2. The second-order valence-electron chi connectivity index (χ2n) is 7.12. The number of pyridine rings is 1. The Balaban J connectivity index is 1.46. The van der Waals surface area contributed by atoms with Crippen molar-refractivity contribution < 1.29 is 14.1 Å². The van der Waals surface area contributed by atoms with Gasteiger partial charge in [-0.25, -0.2) is 4.98 Å². The molecule has 1 saturated carbocycles. The molecule has 8 nitrogen and oxygen atoms in total. The highest BCUT2D eigenvalue weighted by Gasteiger charge is 2.31. The van der Waals surface area contributed by atoms with Gasteiger partial charge in [0, 0.05) is 36.8 Å². The Morgan fingerprint density at radius 1 is 1.36 bits per heavy atom. The highest BCUT2D eigenvalue weighted by molar-refractivity contribution is 5.95. The SMILES string of the molecule is O=CN(c1cc(C2=CCN(C(=O)c3ccno3)CC2)c2cc[nH]c2n1)C1CC1. The van der Waals surface area contributed by atoms with Crippen molar-refractivity contribution in [2.75, 3.05) is 18.0 Å². The van der Waals surface area contributed by atoms with Gasteiger partial charge in [0.15, 0.2) is 0 Å². The summed E-state index contributed by atoms with van der Waals surface area (Å²) in [5.41, 5.74) is 2.97. The van der Waals surface area contributed by atoms with E-state index < -0.39 is 0 Å². The van der Waals surface area contributed by atoms with Crippen LogP contribution >= 0.6 is 0 Å². The Kier molecular flexibility index (Phi) is 3.96. The van der Waals surface area contributed by atoms with Crippen LogP contribution in [0, 0.1) is 0 Å². The fourth-order valence-electron chi connectivity index (χ4n) is 3.68. The number of fused-ring (bicyclic) bond motifs is 1. The average molecular weight is 377 g/mol. The smallest absolute Gasteiger partial charge is 0.292 e. The molecule has 2 aliphatic rings. The Hall–Kier alpha value is -3.42. The van der Waals surface area contributed by atoms with Crippen molar-refractivity contribution in [3.63, 3.8) is 0 Å².